The predicted octanol–water partition coefficient (Wildman–Crippen LogP) is 3.25. The van der Waals surface area contributed by atoms with Crippen molar-refractivity contribution < 1.29 is 13.8 Å². The van der Waals surface area contributed by atoms with E-state index in [1.54, 1.807) is 23.1 Å². The number of rotatable bonds is 3. The van der Waals surface area contributed by atoms with Gasteiger partial charge in [0, 0.05) is 17.7 Å². The van der Waals surface area contributed by atoms with Gasteiger partial charge in [-0.05, 0) is 53.5 Å². The summed E-state index contributed by atoms with van der Waals surface area (Å²) in [7, 11) is 0. The Morgan fingerprint density at radius 2 is 1.89 bits per heavy atom. The number of likely N-dealkylation sites (tertiary alicyclic amines) is 1. The second-order valence-corrected chi connectivity index (χ2v) is 6.44. The minimum Gasteiger partial charge on any atom is -0.418 e. The van der Waals surface area contributed by atoms with Crippen LogP contribution in [0.1, 0.15) is 35.1 Å². The quantitative estimate of drug-likeness (QED) is 0.552. The topological polar surface area (TPSA) is 98.2 Å². The molecule has 1 amide bonds. The van der Waals surface area contributed by atoms with Crippen LogP contribution in [-0.4, -0.2) is 37.9 Å². The number of carbonyl (C=O) groups excluding carboxylic acids is 1. The molecule has 8 heteroatoms. The van der Waals surface area contributed by atoms with Crippen LogP contribution in [-0.2, 0) is 0 Å². The van der Waals surface area contributed by atoms with Gasteiger partial charge in [0.25, 0.3) is 5.91 Å². The standard InChI is InChI=1S/C19H15N5O3/c25-19(13-8-9-14-15(11-13)23-27-22-14)24-10-4-7-16(24)18-21-20-17(26-18)12-5-2-1-3-6-12/h1-3,5-6,8-9,11,16H,4,7,10H2. The lowest BCUT2D eigenvalue weighted by Gasteiger charge is -2.22. The number of nitrogens with zero attached hydrogens (tertiary/aromatic N) is 5. The van der Waals surface area contributed by atoms with Gasteiger partial charge >= 0.3 is 0 Å². The molecule has 0 spiro atoms. The van der Waals surface area contributed by atoms with Crippen molar-refractivity contribution in [3.8, 4) is 11.5 Å². The van der Waals surface area contributed by atoms with Gasteiger partial charge in [-0.25, -0.2) is 4.63 Å². The van der Waals surface area contributed by atoms with Crippen LogP contribution in [0.2, 0.25) is 0 Å². The van der Waals surface area contributed by atoms with Gasteiger partial charge in [0.05, 0.1) is 0 Å². The van der Waals surface area contributed by atoms with E-state index in [0.29, 0.717) is 34.9 Å². The van der Waals surface area contributed by atoms with Crippen molar-refractivity contribution in [2.24, 2.45) is 0 Å². The number of carbonyl (C=O) groups is 1. The molecule has 0 radical (unpaired) electrons. The third-order valence-electron chi connectivity index (χ3n) is 4.76. The van der Waals surface area contributed by atoms with Crippen LogP contribution in [0.25, 0.3) is 22.5 Å². The van der Waals surface area contributed by atoms with E-state index in [9.17, 15) is 4.79 Å². The summed E-state index contributed by atoms with van der Waals surface area (Å²) in [5.74, 6) is 0.825. The minimum absolute atomic E-state index is 0.0955. The average molecular weight is 361 g/mol. The molecule has 27 heavy (non-hydrogen) atoms. The van der Waals surface area contributed by atoms with Crippen molar-refractivity contribution in [1.82, 2.24) is 25.4 Å². The lowest BCUT2D eigenvalue weighted by molar-refractivity contribution is 0.0716. The van der Waals surface area contributed by atoms with Gasteiger partial charge in [-0.3, -0.25) is 4.79 Å². The van der Waals surface area contributed by atoms with E-state index in [4.69, 9.17) is 9.05 Å². The lowest BCUT2D eigenvalue weighted by atomic mass is 10.1. The Morgan fingerprint density at radius 3 is 2.78 bits per heavy atom. The van der Waals surface area contributed by atoms with E-state index >= 15 is 0 Å². The Kier molecular flexibility index (Phi) is 3.67. The molecule has 2 aromatic heterocycles. The highest BCUT2D eigenvalue weighted by Gasteiger charge is 2.34. The summed E-state index contributed by atoms with van der Waals surface area (Å²) < 4.78 is 10.6. The van der Waals surface area contributed by atoms with E-state index < -0.39 is 0 Å². The molecule has 0 aliphatic carbocycles. The predicted molar refractivity (Wildman–Crippen MR) is 94.5 cm³/mol. The first-order chi connectivity index (χ1) is 13.3. The van der Waals surface area contributed by atoms with Crippen LogP contribution in [0.3, 0.4) is 0 Å². The molecule has 2 aromatic carbocycles. The molecule has 1 aliphatic heterocycles. The summed E-state index contributed by atoms with van der Waals surface area (Å²) >= 11 is 0. The van der Waals surface area contributed by atoms with Crippen molar-refractivity contribution in [3.63, 3.8) is 0 Å². The van der Waals surface area contributed by atoms with E-state index in [-0.39, 0.29) is 11.9 Å². The van der Waals surface area contributed by atoms with Crippen molar-refractivity contribution in [1.29, 1.82) is 0 Å². The SMILES string of the molecule is O=C(c1ccc2nonc2c1)N1CCCC1c1nnc(-c2ccccc2)o1. The first-order valence-electron chi connectivity index (χ1n) is 8.72. The van der Waals surface area contributed by atoms with Gasteiger partial charge in [0.1, 0.15) is 17.1 Å². The van der Waals surface area contributed by atoms with Crippen molar-refractivity contribution >= 4 is 16.9 Å². The summed E-state index contributed by atoms with van der Waals surface area (Å²) in [6, 6.07) is 14.5. The average Bonchev–Trinajstić information content (AvgIpc) is 3.47. The monoisotopic (exact) mass is 361 g/mol. The second-order valence-electron chi connectivity index (χ2n) is 6.44. The highest BCUT2D eigenvalue weighted by molar-refractivity contribution is 5.97. The van der Waals surface area contributed by atoms with Gasteiger partial charge in [0.15, 0.2) is 0 Å². The Morgan fingerprint density at radius 1 is 1.04 bits per heavy atom. The molecule has 134 valence electrons. The first-order valence-corrected chi connectivity index (χ1v) is 8.72. The maximum atomic E-state index is 13.0. The second kappa shape index (κ2) is 6.31. The molecule has 0 N–H and O–H groups in total. The van der Waals surface area contributed by atoms with Gasteiger partial charge in [-0.1, -0.05) is 18.2 Å². The van der Waals surface area contributed by atoms with Gasteiger partial charge in [-0.15, -0.1) is 10.2 Å². The fraction of sp³-hybridized carbons (Fsp3) is 0.211. The van der Waals surface area contributed by atoms with Crippen LogP contribution < -0.4 is 0 Å². The Bertz CT molecular complexity index is 1100. The number of fused-ring (bicyclic) bond motifs is 1. The van der Waals surface area contributed by atoms with Crippen LogP contribution in [0.4, 0.5) is 0 Å². The molecule has 5 rings (SSSR count). The lowest BCUT2D eigenvalue weighted by Crippen LogP contribution is -2.30. The maximum absolute atomic E-state index is 13.0. The number of hydrogen-bond acceptors (Lipinski definition) is 7. The molecule has 1 unspecified atom stereocenters. The largest absolute Gasteiger partial charge is 0.418 e. The highest BCUT2D eigenvalue weighted by Crippen LogP contribution is 2.34. The van der Waals surface area contributed by atoms with E-state index in [0.717, 1.165) is 18.4 Å². The molecular weight excluding hydrogens is 346 g/mol. The Balaban J connectivity index is 1.43. The number of aromatic nitrogens is 4. The van der Waals surface area contributed by atoms with Crippen LogP contribution in [0, 0.1) is 0 Å². The summed E-state index contributed by atoms with van der Waals surface area (Å²) in [5.41, 5.74) is 2.57. The molecule has 0 bridgehead atoms. The van der Waals surface area contributed by atoms with E-state index in [1.807, 2.05) is 30.3 Å². The molecule has 1 atom stereocenters. The third kappa shape index (κ3) is 2.75. The summed E-state index contributed by atoms with van der Waals surface area (Å²) in [6.07, 6.45) is 1.67. The zero-order valence-electron chi connectivity index (χ0n) is 14.3. The van der Waals surface area contributed by atoms with Crippen LogP contribution >= 0.6 is 0 Å². The van der Waals surface area contributed by atoms with Gasteiger partial charge < -0.3 is 9.32 Å². The third-order valence-corrected chi connectivity index (χ3v) is 4.76. The zero-order chi connectivity index (χ0) is 18.2. The van der Waals surface area contributed by atoms with Crippen molar-refractivity contribution in [2.45, 2.75) is 18.9 Å². The van der Waals surface area contributed by atoms with E-state index in [1.165, 1.54) is 0 Å². The van der Waals surface area contributed by atoms with Crippen molar-refractivity contribution in [3.05, 3.63) is 60.0 Å². The van der Waals surface area contributed by atoms with Crippen LogP contribution in [0.15, 0.2) is 57.6 Å². The number of hydrogen-bond donors (Lipinski definition) is 0. The molecule has 1 aliphatic rings. The first kappa shape index (κ1) is 15.7. The zero-order valence-corrected chi connectivity index (χ0v) is 14.3. The minimum atomic E-state index is -0.228. The van der Waals surface area contributed by atoms with E-state index in [2.05, 4.69) is 20.5 Å². The molecule has 1 saturated heterocycles. The maximum Gasteiger partial charge on any atom is 0.254 e. The van der Waals surface area contributed by atoms with Crippen LogP contribution in [0.5, 0.6) is 0 Å². The number of amides is 1. The van der Waals surface area contributed by atoms with Gasteiger partial charge in [0.2, 0.25) is 11.8 Å². The smallest absolute Gasteiger partial charge is 0.254 e. The Hall–Kier alpha value is -3.55. The highest BCUT2D eigenvalue weighted by atomic mass is 16.6. The molecule has 3 heterocycles. The normalized spacial score (nSPS) is 16.9. The number of benzene rings is 2. The fourth-order valence-electron chi connectivity index (χ4n) is 3.41. The molecule has 8 nitrogen and oxygen atoms in total. The fourth-order valence-corrected chi connectivity index (χ4v) is 3.41. The van der Waals surface area contributed by atoms with Gasteiger partial charge in [-0.2, -0.15) is 0 Å². The Labute approximate surface area is 153 Å². The molecule has 1 fully saturated rings. The molecule has 4 aromatic rings. The summed E-state index contributed by atoms with van der Waals surface area (Å²) in [4.78, 5) is 14.8. The summed E-state index contributed by atoms with van der Waals surface area (Å²) in [6.45, 7) is 0.641. The van der Waals surface area contributed by atoms with Crippen molar-refractivity contribution in [2.75, 3.05) is 6.54 Å². The molecular formula is C19H15N5O3. The molecule has 0 saturated carbocycles. The summed E-state index contributed by atoms with van der Waals surface area (Å²) in [5, 5.41) is 15.9.